The lowest BCUT2D eigenvalue weighted by Gasteiger charge is -2.25. The maximum atomic E-state index is 11.7. The Balaban J connectivity index is 1.74. The highest BCUT2D eigenvalue weighted by Crippen LogP contribution is 2.25. The van der Waals surface area contributed by atoms with Gasteiger partial charge in [-0.15, -0.1) is 0 Å². The zero-order chi connectivity index (χ0) is 10.9. The molecule has 0 radical (unpaired) electrons. The van der Waals surface area contributed by atoms with Crippen molar-refractivity contribution in [1.29, 1.82) is 0 Å². The van der Waals surface area contributed by atoms with E-state index < -0.39 is 0 Å². The number of nitrogens with zero attached hydrogens (tertiary/aromatic N) is 1. The molecule has 1 aliphatic carbocycles. The molecule has 2 aliphatic rings. The Morgan fingerprint density at radius 1 is 1.60 bits per heavy atom. The fourth-order valence-corrected chi connectivity index (χ4v) is 1.89. The minimum Gasteiger partial charge on any atom is -0.379 e. The number of ether oxygens (including phenoxy) is 1. The van der Waals surface area contributed by atoms with Gasteiger partial charge in [-0.05, 0) is 26.2 Å². The molecule has 4 nitrogen and oxygen atoms in total. The number of rotatable bonds is 4. The highest BCUT2D eigenvalue weighted by Gasteiger charge is 2.32. The first-order chi connectivity index (χ1) is 7.11. The van der Waals surface area contributed by atoms with E-state index in [1.54, 1.807) is 0 Å². The molecule has 4 heteroatoms. The highest BCUT2D eigenvalue weighted by molar-refractivity contribution is 5.78. The Labute approximate surface area is 91.0 Å². The van der Waals surface area contributed by atoms with Crippen molar-refractivity contribution in [2.24, 2.45) is 0 Å². The SMILES string of the molecule is CN(C(=O)CNC1(C)CCOC1)C1CC1. The van der Waals surface area contributed by atoms with Gasteiger partial charge >= 0.3 is 0 Å². The molecule has 0 bridgehead atoms. The van der Waals surface area contributed by atoms with E-state index in [0.29, 0.717) is 19.2 Å². The first-order valence-electron chi connectivity index (χ1n) is 5.69. The maximum absolute atomic E-state index is 11.7. The van der Waals surface area contributed by atoms with E-state index in [-0.39, 0.29) is 11.4 Å². The van der Waals surface area contributed by atoms with Crippen LogP contribution in [0.3, 0.4) is 0 Å². The Morgan fingerprint density at radius 2 is 2.33 bits per heavy atom. The quantitative estimate of drug-likeness (QED) is 0.732. The van der Waals surface area contributed by atoms with Crippen molar-refractivity contribution in [2.75, 3.05) is 26.8 Å². The molecule has 1 atom stereocenters. The van der Waals surface area contributed by atoms with Crippen molar-refractivity contribution < 1.29 is 9.53 Å². The summed E-state index contributed by atoms with van der Waals surface area (Å²) in [6.07, 6.45) is 3.33. The van der Waals surface area contributed by atoms with Crippen LogP contribution in [0.5, 0.6) is 0 Å². The van der Waals surface area contributed by atoms with Crippen LogP contribution >= 0.6 is 0 Å². The van der Waals surface area contributed by atoms with Gasteiger partial charge in [0.25, 0.3) is 0 Å². The number of amides is 1. The molecule has 1 aliphatic heterocycles. The molecular formula is C11H20N2O2. The fourth-order valence-electron chi connectivity index (χ4n) is 1.89. The highest BCUT2D eigenvalue weighted by atomic mass is 16.5. The number of nitrogens with one attached hydrogen (secondary N) is 1. The van der Waals surface area contributed by atoms with Crippen LogP contribution in [-0.4, -0.2) is 49.2 Å². The second kappa shape index (κ2) is 4.10. The van der Waals surface area contributed by atoms with Gasteiger partial charge in [0.15, 0.2) is 0 Å². The molecule has 86 valence electrons. The molecule has 1 N–H and O–H groups in total. The molecule has 1 heterocycles. The van der Waals surface area contributed by atoms with E-state index in [1.807, 2.05) is 11.9 Å². The van der Waals surface area contributed by atoms with E-state index in [2.05, 4.69) is 12.2 Å². The smallest absolute Gasteiger partial charge is 0.236 e. The van der Waals surface area contributed by atoms with Crippen LogP contribution < -0.4 is 5.32 Å². The van der Waals surface area contributed by atoms with Crippen LogP contribution in [0.1, 0.15) is 26.2 Å². The average Bonchev–Trinajstić information content (AvgIpc) is 2.98. The predicted octanol–water partition coefficient (Wildman–Crippen LogP) is 0.376. The van der Waals surface area contributed by atoms with Crippen LogP contribution in [0.2, 0.25) is 0 Å². The van der Waals surface area contributed by atoms with Gasteiger partial charge in [0.2, 0.25) is 5.91 Å². The van der Waals surface area contributed by atoms with Crippen molar-refractivity contribution >= 4 is 5.91 Å². The summed E-state index contributed by atoms with van der Waals surface area (Å²) in [5.74, 6) is 0.200. The number of hydrogen-bond acceptors (Lipinski definition) is 3. The number of hydrogen-bond donors (Lipinski definition) is 1. The standard InChI is InChI=1S/C11H20N2O2/c1-11(5-6-15-8-11)12-7-10(14)13(2)9-3-4-9/h9,12H,3-8H2,1-2H3. The summed E-state index contributed by atoms with van der Waals surface area (Å²) in [6, 6.07) is 0.506. The van der Waals surface area contributed by atoms with Gasteiger partial charge < -0.3 is 15.0 Å². The molecule has 0 aromatic heterocycles. The minimum absolute atomic E-state index is 0.0000505. The van der Waals surface area contributed by atoms with Gasteiger partial charge in [0.05, 0.1) is 13.2 Å². The molecular weight excluding hydrogens is 192 g/mol. The number of carbonyl (C=O) groups excluding carboxylic acids is 1. The van der Waals surface area contributed by atoms with Crippen molar-refractivity contribution in [2.45, 2.75) is 37.8 Å². The zero-order valence-electron chi connectivity index (χ0n) is 9.58. The van der Waals surface area contributed by atoms with Crippen molar-refractivity contribution in [3.63, 3.8) is 0 Å². The fraction of sp³-hybridized carbons (Fsp3) is 0.909. The topological polar surface area (TPSA) is 41.6 Å². The summed E-state index contributed by atoms with van der Waals surface area (Å²) in [6.45, 7) is 4.07. The van der Waals surface area contributed by atoms with Gasteiger partial charge in [-0.2, -0.15) is 0 Å². The molecule has 15 heavy (non-hydrogen) atoms. The van der Waals surface area contributed by atoms with Crippen LogP contribution in [0.4, 0.5) is 0 Å². The monoisotopic (exact) mass is 212 g/mol. The maximum Gasteiger partial charge on any atom is 0.236 e. The van der Waals surface area contributed by atoms with E-state index >= 15 is 0 Å². The average molecular weight is 212 g/mol. The molecule has 1 saturated heterocycles. The summed E-state index contributed by atoms with van der Waals surface area (Å²) in [4.78, 5) is 13.6. The normalized spacial score (nSPS) is 30.5. The largest absolute Gasteiger partial charge is 0.379 e. The van der Waals surface area contributed by atoms with Gasteiger partial charge in [0, 0.05) is 25.2 Å². The van der Waals surface area contributed by atoms with Crippen LogP contribution in [0.15, 0.2) is 0 Å². The number of likely N-dealkylation sites (N-methyl/N-ethyl adjacent to an activating group) is 1. The molecule has 0 spiro atoms. The Hall–Kier alpha value is -0.610. The van der Waals surface area contributed by atoms with E-state index in [1.165, 1.54) is 12.8 Å². The van der Waals surface area contributed by atoms with Gasteiger partial charge in [-0.3, -0.25) is 4.79 Å². The van der Waals surface area contributed by atoms with E-state index in [0.717, 1.165) is 13.0 Å². The van der Waals surface area contributed by atoms with Crippen LogP contribution in [-0.2, 0) is 9.53 Å². The molecule has 0 aromatic rings. The van der Waals surface area contributed by atoms with Crippen LogP contribution in [0, 0.1) is 0 Å². The number of carbonyl (C=O) groups is 1. The lowest BCUT2D eigenvalue weighted by molar-refractivity contribution is -0.129. The summed E-state index contributed by atoms with van der Waals surface area (Å²) in [7, 11) is 1.90. The molecule has 2 rings (SSSR count). The predicted molar refractivity (Wildman–Crippen MR) is 57.6 cm³/mol. The first kappa shape index (κ1) is 10.9. The molecule has 1 amide bonds. The molecule has 2 fully saturated rings. The third-order valence-electron chi connectivity index (χ3n) is 3.37. The molecule has 1 saturated carbocycles. The summed E-state index contributed by atoms with van der Waals surface area (Å²) >= 11 is 0. The lowest BCUT2D eigenvalue weighted by atomic mass is 10.0. The van der Waals surface area contributed by atoms with Crippen molar-refractivity contribution in [3.8, 4) is 0 Å². The van der Waals surface area contributed by atoms with Crippen LogP contribution in [0.25, 0.3) is 0 Å². The van der Waals surface area contributed by atoms with Crippen molar-refractivity contribution in [1.82, 2.24) is 10.2 Å². The Morgan fingerprint density at radius 3 is 2.87 bits per heavy atom. The third kappa shape index (κ3) is 2.69. The Bertz CT molecular complexity index is 245. The van der Waals surface area contributed by atoms with Gasteiger partial charge in [-0.25, -0.2) is 0 Å². The van der Waals surface area contributed by atoms with Crippen molar-refractivity contribution in [3.05, 3.63) is 0 Å². The van der Waals surface area contributed by atoms with Gasteiger partial charge in [0.1, 0.15) is 0 Å². The lowest BCUT2D eigenvalue weighted by Crippen LogP contribution is -2.48. The summed E-state index contributed by atoms with van der Waals surface area (Å²) < 4.78 is 5.33. The summed E-state index contributed by atoms with van der Waals surface area (Å²) in [5, 5.41) is 3.31. The van der Waals surface area contributed by atoms with E-state index in [9.17, 15) is 4.79 Å². The molecule has 1 unspecified atom stereocenters. The van der Waals surface area contributed by atoms with Gasteiger partial charge in [-0.1, -0.05) is 0 Å². The second-order valence-electron chi connectivity index (χ2n) is 4.95. The third-order valence-corrected chi connectivity index (χ3v) is 3.37. The Kier molecular flexibility index (Phi) is 2.98. The molecule has 0 aromatic carbocycles. The summed E-state index contributed by atoms with van der Waals surface area (Å²) in [5.41, 5.74) is 0.0000505. The minimum atomic E-state index is 0.0000505. The first-order valence-corrected chi connectivity index (χ1v) is 5.69. The zero-order valence-corrected chi connectivity index (χ0v) is 9.58. The van der Waals surface area contributed by atoms with E-state index in [4.69, 9.17) is 4.74 Å². The second-order valence-corrected chi connectivity index (χ2v) is 4.95.